The maximum Gasteiger partial charge on any atom is 0.338 e. The van der Waals surface area contributed by atoms with Crippen molar-refractivity contribution in [3.8, 4) is 0 Å². The molecule has 0 saturated carbocycles. The summed E-state index contributed by atoms with van der Waals surface area (Å²) in [4.78, 5) is 69.6. The van der Waals surface area contributed by atoms with E-state index in [1.54, 1.807) is 91.0 Å². The number of halogens is 3. The molecule has 2 fully saturated rings. The smallest absolute Gasteiger partial charge is 0.338 e. The van der Waals surface area contributed by atoms with E-state index in [1.165, 1.54) is 74.5 Å². The van der Waals surface area contributed by atoms with Crippen LogP contribution in [0.1, 0.15) is 65.6 Å². The SMILES string of the molecule is C[C@@H]1O[C@@H](O[C@H]2[C@H](OC(=N)C(Cl)(Cl)Cl)O[C@@H](C)[C@H](OC(=O)c3ccccc3)[C@H]2OC(=O)c2ccccc2)[C@H](OC(=O)c2ccccc2)[C@H](OC(=O)c2ccccc2)[C@H]1OC(=O)c1ccccc1. The Balaban J connectivity index is 1.34. The number of hydrogen-bond donors (Lipinski definition) is 1. The van der Waals surface area contributed by atoms with E-state index in [1.807, 2.05) is 0 Å². The van der Waals surface area contributed by atoms with Crippen LogP contribution in [-0.4, -0.2) is 101 Å². The van der Waals surface area contributed by atoms with Crippen molar-refractivity contribution in [3.05, 3.63) is 179 Å². The van der Waals surface area contributed by atoms with Crippen molar-refractivity contribution in [3.63, 3.8) is 0 Å². The lowest BCUT2D eigenvalue weighted by atomic mass is 9.96. The van der Waals surface area contributed by atoms with Crippen LogP contribution in [0.2, 0.25) is 0 Å². The quantitative estimate of drug-likeness (QED) is 0.0389. The molecule has 5 aromatic carbocycles. The topological polar surface area (TPSA) is 192 Å². The van der Waals surface area contributed by atoms with Crippen LogP contribution in [0.25, 0.3) is 0 Å². The number of benzene rings is 5. The Labute approximate surface area is 399 Å². The van der Waals surface area contributed by atoms with Crippen molar-refractivity contribution < 1.29 is 66.6 Å². The number of rotatable bonds is 13. The first-order valence-electron chi connectivity index (χ1n) is 20.8. The van der Waals surface area contributed by atoms with Crippen molar-refractivity contribution in [1.29, 1.82) is 5.41 Å². The second-order valence-corrected chi connectivity index (χ2v) is 17.4. The van der Waals surface area contributed by atoms with E-state index in [2.05, 4.69) is 0 Å². The molecule has 2 aliphatic rings. The summed E-state index contributed by atoms with van der Waals surface area (Å²) in [5.74, 6) is -5.41. The van der Waals surface area contributed by atoms with Crippen LogP contribution in [0.15, 0.2) is 152 Å². The predicted molar refractivity (Wildman–Crippen MR) is 241 cm³/mol. The molecule has 2 saturated heterocycles. The molecule has 0 aromatic heterocycles. The molecule has 18 heteroatoms. The van der Waals surface area contributed by atoms with Gasteiger partial charge in [-0.15, -0.1) is 0 Å². The first-order valence-corrected chi connectivity index (χ1v) is 21.9. The molecule has 0 aliphatic carbocycles. The molecule has 7 rings (SSSR count). The van der Waals surface area contributed by atoms with Gasteiger partial charge < -0.3 is 42.6 Å². The van der Waals surface area contributed by atoms with Gasteiger partial charge in [-0.1, -0.05) is 126 Å². The number of alkyl halides is 3. The van der Waals surface area contributed by atoms with E-state index in [4.69, 9.17) is 82.8 Å². The van der Waals surface area contributed by atoms with Gasteiger partial charge in [0.1, 0.15) is 0 Å². The van der Waals surface area contributed by atoms with Crippen LogP contribution in [0.4, 0.5) is 0 Å². The second kappa shape index (κ2) is 22.0. The van der Waals surface area contributed by atoms with Gasteiger partial charge in [-0.25, -0.2) is 24.0 Å². The van der Waals surface area contributed by atoms with Crippen LogP contribution < -0.4 is 0 Å². The van der Waals surface area contributed by atoms with Crippen molar-refractivity contribution in [1.82, 2.24) is 0 Å². The zero-order chi connectivity index (χ0) is 47.7. The Hall–Kier alpha value is -6.33. The Morgan fingerprint density at radius 3 is 0.985 bits per heavy atom. The van der Waals surface area contributed by atoms with Gasteiger partial charge in [0.2, 0.25) is 12.2 Å². The summed E-state index contributed by atoms with van der Waals surface area (Å²) in [5, 5.41) is 8.53. The Kier molecular flexibility index (Phi) is 15.9. The fraction of sp³-hybridized carbons (Fsp3) is 0.265. The lowest BCUT2D eigenvalue weighted by Crippen LogP contribution is -2.66. The maximum atomic E-state index is 14.1. The highest BCUT2D eigenvalue weighted by Crippen LogP contribution is 2.38. The molecule has 2 heterocycles. The minimum absolute atomic E-state index is 0.0561. The van der Waals surface area contributed by atoms with Gasteiger partial charge in [0, 0.05) is 0 Å². The highest BCUT2D eigenvalue weighted by atomic mass is 35.6. The molecule has 0 amide bonds. The first kappa shape index (κ1) is 48.6. The third-order valence-corrected chi connectivity index (χ3v) is 11.0. The average molecular weight is 975 g/mol. The van der Waals surface area contributed by atoms with Crippen molar-refractivity contribution in [2.45, 2.75) is 79.1 Å². The zero-order valence-corrected chi connectivity index (χ0v) is 37.8. The number of hydrogen-bond acceptors (Lipinski definition) is 15. The summed E-state index contributed by atoms with van der Waals surface area (Å²) >= 11 is 18.2. The van der Waals surface area contributed by atoms with E-state index >= 15 is 0 Å². The summed E-state index contributed by atoms with van der Waals surface area (Å²) in [6.45, 7) is 2.97. The molecule has 0 radical (unpaired) electrons. The van der Waals surface area contributed by atoms with Crippen LogP contribution in [0, 0.1) is 5.41 Å². The zero-order valence-electron chi connectivity index (χ0n) is 35.6. The number of ether oxygens (including phenoxy) is 9. The molecule has 0 bridgehead atoms. The molecule has 15 nitrogen and oxygen atoms in total. The Morgan fingerprint density at radius 2 is 0.672 bits per heavy atom. The van der Waals surface area contributed by atoms with Gasteiger partial charge in [0.15, 0.2) is 42.9 Å². The van der Waals surface area contributed by atoms with Gasteiger partial charge >= 0.3 is 29.8 Å². The minimum atomic E-state index is -2.46. The van der Waals surface area contributed by atoms with Crippen molar-refractivity contribution in [2.75, 3.05) is 0 Å². The fourth-order valence-electron chi connectivity index (χ4n) is 7.18. The summed E-state index contributed by atoms with van der Waals surface area (Å²) in [6.07, 6.45) is -16.1. The first-order chi connectivity index (χ1) is 32.2. The summed E-state index contributed by atoms with van der Waals surface area (Å²) in [7, 11) is 0. The third kappa shape index (κ3) is 12.2. The van der Waals surface area contributed by atoms with Crippen LogP contribution in [0.3, 0.4) is 0 Å². The van der Waals surface area contributed by atoms with E-state index in [-0.39, 0.29) is 27.8 Å². The molecule has 67 heavy (non-hydrogen) atoms. The molecule has 1 N–H and O–H groups in total. The number of esters is 5. The lowest BCUT2D eigenvalue weighted by Gasteiger charge is -2.48. The molecular formula is C49H42Cl3NO14. The third-order valence-electron chi connectivity index (χ3n) is 10.5. The normalized spacial score (nSPS) is 24.8. The minimum Gasteiger partial charge on any atom is -0.452 e. The maximum absolute atomic E-state index is 14.1. The number of carbonyl (C=O) groups is 5. The van der Waals surface area contributed by atoms with Crippen molar-refractivity contribution >= 4 is 70.5 Å². The molecule has 2 aliphatic heterocycles. The van der Waals surface area contributed by atoms with Crippen LogP contribution >= 0.6 is 34.8 Å². The van der Waals surface area contributed by atoms with E-state index in [9.17, 15) is 24.0 Å². The Bertz CT molecular complexity index is 2500. The monoisotopic (exact) mass is 973 g/mol. The summed E-state index contributed by atoms with van der Waals surface area (Å²) < 4.78 is 53.1. The van der Waals surface area contributed by atoms with Gasteiger partial charge in [-0.3, -0.25) is 5.41 Å². The average Bonchev–Trinajstić information content (AvgIpc) is 3.34. The highest BCUT2D eigenvalue weighted by molar-refractivity contribution is 6.76. The van der Waals surface area contributed by atoms with E-state index in [0.29, 0.717) is 0 Å². The van der Waals surface area contributed by atoms with Gasteiger partial charge in [-0.2, -0.15) is 0 Å². The molecular weight excluding hydrogens is 933 g/mol. The summed E-state index contributed by atoms with van der Waals surface area (Å²) in [6, 6.07) is 39.4. The standard InChI is InChI=1S/C49H42Cl3NO14/c1-28-35(61-41(54)30-18-8-3-9-19-30)37(63-43(56)32-22-12-5-13-23-32)39(65-45(58)34-26-16-7-17-27-34)46(59-28)66-40-38(64-44(57)33-24-14-6-15-25-33)36(62-42(55)31-20-10-4-11-21-31)29(2)60-47(40)67-48(53)49(50,51)52/h3-29,35-40,46-47,53H,1-2H3/t28-,29-,35-,36-,37+,38+,39+,40+,46-,47-/m0/s1. The molecule has 0 spiro atoms. The highest BCUT2D eigenvalue weighted by Gasteiger charge is 2.57. The predicted octanol–water partition coefficient (Wildman–Crippen LogP) is 8.35. The summed E-state index contributed by atoms with van der Waals surface area (Å²) in [5.41, 5.74) is 0.495. The molecule has 348 valence electrons. The van der Waals surface area contributed by atoms with E-state index in [0.717, 1.165) is 0 Å². The van der Waals surface area contributed by atoms with Crippen LogP contribution in [0.5, 0.6) is 0 Å². The molecule has 10 atom stereocenters. The second-order valence-electron chi connectivity index (χ2n) is 15.1. The van der Waals surface area contributed by atoms with Gasteiger partial charge in [0.05, 0.1) is 40.0 Å². The van der Waals surface area contributed by atoms with Crippen molar-refractivity contribution in [2.24, 2.45) is 0 Å². The van der Waals surface area contributed by atoms with E-state index < -0.39 is 101 Å². The van der Waals surface area contributed by atoms with Crippen LogP contribution in [-0.2, 0) is 42.6 Å². The number of nitrogens with one attached hydrogen (secondary N) is 1. The van der Waals surface area contributed by atoms with Gasteiger partial charge in [-0.05, 0) is 74.5 Å². The number of carbonyl (C=O) groups excluding carboxylic acids is 5. The van der Waals surface area contributed by atoms with Gasteiger partial charge in [0.25, 0.3) is 3.79 Å². The largest absolute Gasteiger partial charge is 0.452 e. The molecule has 5 aromatic rings. The Morgan fingerprint density at radius 1 is 0.403 bits per heavy atom. The fourth-order valence-corrected chi connectivity index (χ4v) is 7.31. The lowest BCUT2D eigenvalue weighted by molar-refractivity contribution is -0.351. The molecule has 0 unspecified atom stereocenters.